The Kier molecular flexibility index (Phi) is 13.0. The molecule has 39 heavy (non-hydrogen) atoms. The summed E-state index contributed by atoms with van der Waals surface area (Å²) in [6.45, 7) is 1.13. The summed E-state index contributed by atoms with van der Waals surface area (Å²) in [5, 5.41) is 5.51. The van der Waals surface area contributed by atoms with E-state index in [1.54, 1.807) is 12.1 Å². The van der Waals surface area contributed by atoms with Crippen LogP contribution in [0.5, 0.6) is 17.2 Å². The first kappa shape index (κ1) is 31.3. The molecule has 2 rings (SSSR count). The number of methoxy groups -OCH3 is 3. The normalized spacial score (nSPS) is 12.2. The lowest BCUT2D eigenvalue weighted by Crippen LogP contribution is -2.52. The summed E-state index contributed by atoms with van der Waals surface area (Å²) in [5.41, 5.74) is 18.6. The molecule has 2 atom stereocenters. The maximum atomic E-state index is 13.4. The average Bonchev–Trinajstić information content (AvgIpc) is 2.94. The Hall–Kier alpha value is -3.87. The van der Waals surface area contributed by atoms with Crippen molar-refractivity contribution >= 4 is 23.4 Å². The van der Waals surface area contributed by atoms with Crippen LogP contribution in [0.3, 0.4) is 0 Å². The predicted octanol–water partition coefficient (Wildman–Crippen LogP) is 0.232. The SMILES string of the molecule is COc1cc(NC(=O)[C@H](CCc2ccccc2)NC(=O)[C@@H](N)CC(=O)N(CCN)CCN)cc(OC)c1OC. The molecule has 3 amide bonds. The Morgan fingerprint density at radius 3 is 2.00 bits per heavy atom. The van der Waals surface area contributed by atoms with E-state index in [0.717, 1.165) is 5.56 Å². The van der Waals surface area contributed by atoms with Crippen LogP contribution in [0.2, 0.25) is 0 Å². The third-order valence-corrected chi connectivity index (χ3v) is 6.01. The highest BCUT2D eigenvalue weighted by atomic mass is 16.5. The summed E-state index contributed by atoms with van der Waals surface area (Å²) in [5.74, 6) is -0.340. The van der Waals surface area contributed by atoms with Gasteiger partial charge in [0.15, 0.2) is 11.5 Å². The molecule has 0 radical (unpaired) electrons. The highest BCUT2D eigenvalue weighted by Crippen LogP contribution is 2.40. The fourth-order valence-electron chi connectivity index (χ4n) is 3.97. The van der Waals surface area contributed by atoms with Gasteiger partial charge in [-0.2, -0.15) is 0 Å². The van der Waals surface area contributed by atoms with Crippen LogP contribution in [0.15, 0.2) is 42.5 Å². The van der Waals surface area contributed by atoms with Crippen LogP contribution in [0.4, 0.5) is 5.69 Å². The van der Waals surface area contributed by atoms with Gasteiger partial charge < -0.3 is 46.9 Å². The van der Waals surface area contributed by atoms with Gasteiger partial charge >= 0.3 is 0 Å². The van der Waals surface area contributed by atoms with E-state index in [-0.39, 0.29) is 25.4 Å². The molecule has 2 aromatic carbocycles. The van der Waals surface area contributed by atoms with E-state index in [2.05, 4.69) is 10.6 Å². The topological polar surface area (TPSA) is 184 Å². The van der Waals surface area contributed by atoms with Crippen molar-refractivity contribution in [3.05, 3.63) is 48.0 Å². The van der Waals surface area contributed by atoms with Crippen LogP contribution >= 0.6 is 0 Å². The van der Waals surface area contributed by atoms with Crippen molar-refractivity contribution in [1.82, 2.24) is 10.2 Å². The lowest BCUT2D eigenvalue weighted by molar-refractivity contribution is -0.134. The second-order valence-corrected chi connectivity index (χ2v) is 8.76. The lowest BCUT2D eigenvalue weighted by Gasteiger charge is -2.24. The van der Waals surface area contributed by atoms with Crippen molar-refractivity contribution in [3.8, 4) is 17.2 Å². The molecule has 0 fully saturated rings. The number of amides is 3. The average molecular weight is 545 g/mol. The van der Waals surface area contributed by atoms with Crippen molar-refractivity contribution in [3.63, 3.8) is 0 Å². The number of benzene rings is 2. The molecule has 0 spiro atoms. The number of anilines is 1. The number of aryl methyl sites for hydroxylation is 1. The molecule has 214 valence electrons. The molecule has 8 N–H and O–H groups in total. The number of hydrogen-bond donors (Lipinski definition) is 5. The maximum Gasteiger partial charge on any atom is 0.246 e. The van der Waals surface area contributed by atoms with Crippen molar-refractivity contribution in [2.75, 3.05) is 52.8 Å². The number of carbonyl (C=O) groups is 3. The fourth-order valence-corrected chi connectivity index (χ4v) is 3.97. The fraction of sp³-hybridized carbons (Fsp3) is 0.444. The molecular formula is C27H40N6O6. The molecule has 0 bridgehead atoms. The third-order valence-electron chi connectivity index (χ3n) is 6.01. The Morgan fingerprint density at radius 2 is 1.49 bits per heavy atom. The standard InChI is InChI=1S/C27H40N6O6/c1-37-22-15-19(16-23(38-2)25(22)39-3)31-27(36)21(10-9-18-7-5-4-6-8-18)32-26(35)20(30)17-24(34)33(13-11-28)14-12-29/h4-8,15-16,20-21H,9-14,17,28-30H2,1-3H3,(H,31,36)(H,32,35)/t20-,21-/m0/s1. The van der Waals surface area contributed by atoms with E-state index >= 15 is 0 Å². The van der Waals surface area contributed by atoms with E-state index in [1.807, 2.05) is 30.3 Å². The number of carbonyl (C=O) groups excluding carboxylic acids is 3. The zero-order valence-corrected chi connectivity index (χ0v) is 22.8. The van der Waals surface area contributed by atoms with Crippen LogP contribution in [-0.4, -0.2) is 82.2 Å². The summed E-state index contributed by atoms with van der Waals surface area (Å²) in [6.07, 6.45) is 0.564. The molecule has 0 unspecified atom stereocenters. The molecular weight excluding hydrogens is 504 g/mol. The largest absolute Gasteiger partial charge is 0.493 e. The molecule has 12 nitrogen and oxygen atoms in total. The molecule has 2 aromatic rings. The first-order valence-corrected chi connectivity index (χ1v) is 12.7. The van der Waals surface area contributed by atoms with E-state index < -0.39 is 23.9 Å². The molecule has 0 heterocycles. The molecule has 0 aliphatic carbocycles. The van der Waals surface area contributed by atoms with Crippen molar-refractivity contribution in [2.45, 2.75) is 31.3 Å². The van der Waals surface area contributed by atoms with Crippen LogP contribution in [0.25, 0.3) is 0 Å². The Morgan fingerprint density at radius 1 is 0.897 bits per heavy atom. The number of rotatable bonds is 16. The van der Waals surface area contributed by atoms with E-state index in [4.69, 9.17) is 31.4 Å². The van der Waals surface area contributed by atoms with Gasteiger partial charge in [0, 0.05) is 44.0 Å². The maximum absolute atomic E-state index is 13.4. The predicted molar refractivity (Wildman–Crippen MR) is 149 cm³/mol. The van der Waals surface area contributed by atoms with E-state index in [9.17, 15) is 14.4 Å². The van der Waals surface area contributed by atoms with Crippen LogP contribution in [0, 0.1) is 0 Å². The second-order valence-electron chi connectivity index (χ2n) is 8.76. The van der Waals surface area contributed by atoms with Gasteiger partial charge in [0.2, 0.25) is 23.5 Å². The zero-order chi connectivity index (χ0) is 28.8. The van der Waals surface area contributed by atoms with Crippen molar-refractivity contribution < 1.29 is 28.6 Å². The minimum atomic E-state index is -1.16. The number of ether oxygens (including phenoxy) is 3. The van der Waals surface area contributed by atoms with Crippen LogP contribution < -0.4 is 42.0 Å². The van der Waals surface area contributed by atoms with Gasteiger partial charge in [-0.15, -0.1) is 0 Å². The second kappa shape index (κ2) is 16.2. The Bertz CT molecular complexity index is 1050. The Labute approximate surface area is 229 Å². The number of nitrogens with one attached hydrogen (secondary N) is 2. The van der Waals surface area contributed by atoms with E-state index in [1.165, 1.54) is 26.2 Å². The summed E-state index contributed by atoms with van der Waals surface area (Å²) >= 11 is 0. The number of hydrogen-bond acceptors (Lipinski definition) is 9. The van der Waals surface area contributed by atoms with Gasteiger partial charge in [-0.05, 0) is 18.4 Å². The first-order chi connectivity index (χ1) is 18.8. The summed E-state index contributed by atoms with van der Waals surface area (Å²) in [7, 11) is 4.42. The van der Waals surface area contributed by atoms with Gasteiger partial charge in [0.05, 0.1) is 33.8 Å². The van der Waals surface area contributed by atoms with Crippen molar-refractivity contribution in [1.29, 1.82) is 0 Å². The molecule has 0 aliphatic rings. The van der Waals surface area contributed by atoms with Gasteiger partial charge in [-0.1, -0.05) is 30.3 Å². The summed E-state index contributed by atoms with van der Waals surface area (Å²) in [6, 6.07) is 10.6. The van der Waals surface area contributed by atoms with Gasteiger partial charge in [-0.25, -0.2) is 0 Å². The van der Waals surface area contributed by atoms with Crippen molar-refractivity contribution in [2.24, 2.45) is 17.2 Å². The minimum absolute atomic E-state index is 0.244. The molecule has 0 aliphatic heterocycles. The summed E-state index contributed by atoms with van der Waals surface area (Å²) < 4.78 is 16.1. The van der Waals surface area contributed by atoms with Crippen LogP contribution in [-0.2, 0) is 20.8 Å². The Balaban J connectivity index is 2.20. The highest BCUT2D eigenvalue weighted by Gasteiger charge is 2.27. The molecule has 0 aromatic heterocycles. The number of nitrogens with two attached hydrogens (primary N) is 3. The molecule has 12 heteroatoms. The molecule has 0 saturated carbocycles. The van der Waals surface area contributed by atoms with Gasteiger partial charge in [0.1, 0.15) is 6.04 Å². The van der Waals surface area contributed by atoms with Gasteiger partial charge in [0.25, 0.3) is 0 Å². The molecule has 0 saturated heterocycles. The summed E-state index contributed by atoms with van der Waals surface area (Å²) in [4.78, 5) is 40.4. The quantitative estimate of drug-likeness (QED) is 0.197. The van der Waals surface area contributed by atoms with Gasteiger partial charge in [-0.3, -0.25) is 14.4 Å². The number of nitrogens with zero attached hydrogens (tertiary/aromatic N) is 1. The monoisotopic (exact) mass is 544 g/mol. The minimum Gasteiger partial charge on any atom is -0.493 e. The van der Waals surface area contributed by atoms with Crippen LogP contribution in [0.1, 0.15) is 18.4 Å². The third kappa shape index (κ3) is 9.43. The first-order valence-electron chi connectivity index (χ1n) is 12.7. The highest BCUT2D eigenvalue weighted by molar-refractivity contribution is 5.99. The smallest absolute Gasteiger partial charge is 0.246 e. The van der Waals surface area contributed by atoms with E-state index in [0.29, 0.717) is 48.9 Å². The zero-order valence-electron chi connectivity index (χ0n) is 22.8. The lowest BCUT2D eigenvalue weighted by atomic mass is 10.0.